The molecule has 1 saturated heterocycles. The molecule has 7 heteroatoms. The fourth-order valence-electron chi connectivity index (χ4n) is 2.75. The van der Waals surface area contributed by atoms with E-state index in [2.05, 4.69) is 0 Å². The van der Waals surface area contributed by atoms with Crippen molar-refractivity contribution in [1.29, 1.82) is 0 Å². The smallest absolute Gasteiger partial charge is 0.246 e. The van der Waals surface area contributed by atoms with Gasteiger partial charge in [0.1, 0.15) is 4.90 Å². The number of hydrogen-bond donors (Lipinski definition) is 1. The summed E-state index contributed by atoms with van der Waals surface area (Å²) in [5.74, 6) is 0. The standard InChI is InChI=1S/C13H18Cl2N2O2S/c1-9-4-2-5-10(8-16)17(9)20(18,19)13-11(14)6-3-7-12(13)15/h3,6-7,9-10H,2,4-5,8,16H2,1H3. The predicted molar refractivity (Wildman–Crippen MR) is 81.6 cm³/mol. The Kier molecular flexibility index (Phi) is 4.97. The van der Waals surface area contributed by atoms with Crippen LogP contribution in [0.2, 0.25) is 10.0 Å². The monoisotopic (exact) mass is 336 g/mol. The summed E-state index contributed by atoms with van der Waals surface area (Å²) in [6, 6.07) is 4.40. The Bertz CT molecular complexity index is 572. The van der Waals surface area contributed by atoms with Gasteiger partial charge >= 0.3 is 0 Å². The number of halogens is 2. The highest BCUT2D eigenvalue weighted by Crippen LogP contribution is 2.36. The first kappa shape index (κ1) is 16.0. The first-order chi connectivity index (χ1) is 9.39. The summed E-state index contributed by atoms with van der Waals surface area (Å²) < 4.78 is 27.3. The molecule has 2 rings (SSSR count). The second-order valence-corrected chi connectivity index (χ2v) is 7.65. The Morgan fingerprint density at radius 2 is 1.90 bits per heavy atom. The van der Waals surface area contributed by atoms with E-state index in [0.717, 1.165) is 19.3 Å². The predicted octanol–water partition coefficient (Wildman–Crippen LogP) is 2.88. The lowest BCUT2D eigenvalue weighted by molar-refractivity contribution is 0.196. The molecule has 112 valence electrons. The van der Waals surface area contributed by atoms with E-state index in [0.29, 0.717) is 6.54 Å². The summed E-state index contributed by atoms with van der Waals surface area (Å²) in [5, 5.41) is 0.289. The second kappa shape index (κ2) is 6.20. The first-order valence-electron chi connectivity index (χ1n) is 6.57. The van der Waals surface area contributed by atoms with Crippen LogP contribution in [0.15, 0.2) is 23.1 Å². The average Bonchev–Trinajstić information content (AvgIpc) is 2.37. The molecule has 20 heavy (non-hydrogen) atoms. The number of sulfonamides is 1. The number of benzene rings is 1. The normalized spacial score (nSPS) is 24.8. The molecule has 0 saturated carbocycles. The van der Waals surface area contributed by atoms with E-state index in [9.17, 15) is 8.42 Å². The van der Waals surface area contributed by atoms with Crippen LogP contribution < -0.4 is 5.73 Å². The SMILES string of the molecule is CC1CCCC(CN)N1S(=O)(=O)c1c(Cl)cccc1Cl. The molecule has 1 heterocycles. The minimum Gasteiger partial charge on any atom is -0.329 e. The van der Waals surface area contributed by atoms with Crippen molar-refractivity contribution in [3.8, 4) is 0 Å². The van der Waals surface area contributed by atoms with Crippen LogP contribution in [-0.2, 0) is 10.0 Å². The lowest BCUT2D eigenvalue weighted by Gasteiger charge is -2.39. The van der Waals surface area contributed by atoms with E-state index in [1.54, 1.807) is 6.07 Å². The van der Waals surface area contributed by atoms with Crippen molar-refractivity contribution >= 4 is 33.2 Å². The first-order valence-corrected chi connectivity index (χ1v) is 8.76. The highest BCUT2D eigenvalue weighted by molar-refractivity contribution is 7.89. The van der Waals surface area contributed by atoms with Crippen molar-refractivity contribution in [2.45, 2.75) is 43.2 Å². The van der Waals surface area contributed by atoms with Crippen LogP contribution in [0.1, 0.15) is 26.2 Å². The van der Waals surface area contributed by atoms with E-state index in [1.807, 2.05) is 6.92 Å². The van der Waals surface area contributed by atoms with Gasteiger partial charge in [-0.05, 0) is 31.9 Å². The molecule has 1 aromatic carbocycles. The van der Waals surface area contributed by atoms with Crippen molar-refractivity contribution in [1.82, 2.24) is 4.31 Å². The summed E-state index contributed by atoms with van der Waals surface area (Å²) in [5.41, 5.74) is 5.73. The topological polar surface area (TPSA) is 63.4 Å². The number of nitrogens with two attached hydrogens (primary N) is 1. The zero-order chi connectivity index (χ0) is 14.9. The molecular weight excluding hydrogens is 319 g/mol. The van der Waals surface area contributed by atoms with Gasteiger partial charge in [0, 0.05) is 18.6 Å². The van der Waals surface area contributed by atoms with E-state index in [-0.39, 0.29) is 27.0 Å². The Balaban J connectivity index is 2.53. The second-order valence-electron chi connectivity index (χ2n) is 5.06. The largest absolute Gasteiger partial charge is 0.329 e. The average molecular weight is 337 g/mol. The third kappa shape index (κ3) is 2.83. The highest BCUT2D eigenvalue weighted by atomic mass is 35.5. The molecule has 1 fully saturated rings. The lowest BCUT2D eigenvalue weighted by atomic mass is 10.00. The van der Waals surface area contributed by atoms with E-state index in [1.165, 1.54) is 16.4 Å². The van der Waals surface area contributed by atoms with Crippen LogP contribution in [0.4, 0.5) is 0 Å². The lowest BCUT2D eigenvalue weighted by Crippen LogP contribution is -2.51. The molecule has 4 nitrogen and oxygen atoms in total. The summed E-state index contributed by atoms with van der Waals surface area (Å²) in [7, 11) is -3.74. The number of rotatable bonds is 3. The summed E-state index contributed by atoms with van der Waals surface area (Å²) in [4.78, 5) is -0.0180. The third-order valence-electron chi connectivity index (χ3n) is 3.68. The van der Waals surface area contributed by atoms with Gasteiger partial charge in [0.2, 0.25) is 10.0 Å². The Morgan fingerprint density at radius 3 is 2.45 bits per heavy atom. The zero-order valence-corrected chi connectivity index (χ0v) is 13.5. The molecule has 2 atom stereocenters. The summed E-state index contributed by atoms with van der Waals surface area (Å²) in [6.45, 7) is 2.19. The number of hydrogen-bond acceptors (Lipinski definition) is 3. The maximum absolute atomic E-state index is 12.9. The van der Waals surface area contributed by atoms with Gasteiger partial charge in [-0.25, -0.2) is 8.42 Å². The molecule has 0 spiro atoms. The van der Waals surface area contributed by atoms with Crippen molar-refractivity contribution in [2.24, 2.45) is 5.73 Å². The van der Waals surface area contributed by atoms with Crippen molar-refractivity contribution < 1.29 is 8.42 Å². The van der Waals surface area contributed by atoms with Crippen LogP contribution in [-0.4, -0.2) is 31.4 Å². The van der Waals surface area contributed by atoms with Crippen LogP contribution in [0.5, 0.6) is 0 Å². The van der Waals surface area contributed by atoms with E-state index < -0.39 is 10.0 Å². The van der Waals surface area contributed by atoms with Crippen LogP contribution in [0.25, 0.3) is 0 Å². The summed E-state index contributed by atoms with van der Waals surface area (Å²) >= 11 is 12.1. The van der Waals surface area contributed by atoms with Crippen molar-refractivity contribution in [3.63, 3.8) is 0 Å². The van der Waals surface area contributed by atoms with Gasteiger partial charge in [0.15, 0.2) is 0 Å². The van der Waals surface area contributed by atoms with Crippen LogP contribution >= 0.6 is 23.2 Å². The van der Waals surface area contributed by atoms with Gasteiger partial charge in [-0.15, -0.1) is 0 Å². The highest BCUT2D eigenvalue weighted by Gasteiger charge is 2.39. The van der Waals surface area contributed by atoms with Crippen LogP contribution in [0, 0.1) is 0 Å². The Morgan fingerprint density at radius 1 is 1.30 bits per heavy atom. The van der Waals surface area contributed by atoms with E-state index >= 15 is 0 Å². The molecule has 2 unspecified atom stereocenters. The molecule has 0 aliphatic carbocycles. The molecule has 1 aromatic rings. The third-order valence-corrected chi connectivity index (χ3v) is 6.70. The fraction of sp³-hybridized carbons (Fsp3) is 0.538. The molecular formula is C13H18Cl2N2O2S. The molecule has 0 radical (unpaired) electrons. The van der Waals surface area contributed by atoms with Crippen molar-refractivity contribution in [2.75, 3.05) is 6.54 Å². The zero-order valence-electron chi connectivity index (χ0n) is 11.2. The Labute approximate surface area is 129 Å². The molecule has 1 aliphatic rings. The minimum atomic E-state index is -3.74. The molecule has 0 bridgehead atoms. The molecule has 0 amide bonds. The number of piperidine rings is 1. The van der Waals surface area contributed by atoms with Gasteiger partial charge in [-0.1, -0.05) is 35.7 Å². The molecule has 0 aromatic heterocycles. The maximum atomic E-state index is 12.9. The van der Waals surface area contributed by atoms with Crippen molar-refractivity contribution in [3.05, 3.63) is 28.2 Å². The van der Waals surface area contributed by atoms with Gasteiger partial charge < -0.3 is 5.73 Å². The number of nitrogens with zero attached hydrogens (tertiary/aromatic N) is 1. The fourth-order valence-corrected chi connectivity index (χ4v) is 5.74. The molecule has 2 N–H and O–H groups in total. The summed E-state index contributed by atoms with van der Waals surface area (Å²) in [6.07, 6.45) is 2.56. The van der Waals surface area contributed by atoms with Crippen LogP contribution in [0.3, 0.4) is 0 Å². The van der Waals surface area contributed by atoms with Gasteiger partial charge in [0.05, 0.1) is 10.0 Å². The minimum absolute atomic E-state index is 0.0180. The van der Waals surface area contributed by atoms with E-state index in [4.69, 9.17) is 28.9 Å². The van der Waals surface area contributed by atoms with Gasteiger partial charge in [0.25, 0.3) is 0 Å². The maximum Gasteiger partial charge on any atom is 0.246 e. The van der Waals surface area contributed by atoms with Gasteiger partial charge in [-0.3, -0.25) is 0 Å². The Hall–Kier alpha value is -0.330. The quantitative estimate of drug-likeness (QED) is 0.922. The van der Waals surface area contributed by atoms with Gasteiger partial charge in [-0.2, -0.15) is 4.31 Å². The molecule has 1 aliphatic heterocycles.